The van der Waals surface area contributed by atoms with E-state index in [0.717, 1.165) is 23.7 Å². The number of benzene rings is 1. The lowest BCUT2D eigenvalue weighted by Gasteiger charge is -2.17. The van der Waals surface area contributed by atoms with Crippen LogP contribution in [0.3, 0.4) is 0 Å². The Morgan fingerprint density at radius 3 is 3.20 bits per heavy atom. The van der Waals surface area contributed by atoms with Crippen molar-refractivity contribution in [1.29, 1.82) is 0 Å². The van der Waals surface area contributed by atoms with Gasteiger partial charge in [0.15, 0.2) is 0 Å². The van der Waals surface area contributed by atoms with Gasteiger partial charge < -0.3 is 10.6 Å². The molecule has 0 unspecified atom stereocenters. The first kappa shape index (κ1) is 10.5. The zero-order valence-corrected chi connectivity index (χ0v) is 9.49. The first-order chi connectivity index (χ1) is 7.29. The third kappa shape index (κ3) is 2.52. The molecule has 0 aliphatic carbocycles. The van der Waals surface area contributed by atoms with Gasteiger partial charge in [-0.25, -0.2) is 0 Å². The third-order valence-electron chi connectivity index (χ3n) is 2.26. The molecule has 0 saturated carbocycles. The quantitative estimate of drug-likeness (QED) is 0.820. The monoisotopic (exact) mass is 222 g/mol. The number of fused-ring (bicyclic) bond motifs is 1. The largest absolute Gasteiger partial charge is 0.324 e. The minimum absolute atomic E-state index is 0.0908. The number of anilines is 1. The van der Waals surface area contributed by atoms with Crippen LogP contribution in [-0.2, 0) is 11.3 Å². The summed E-state index contributed by atoms with van der Waals surface area (Å²) in [7, 11) is 0. The first-order valence-corrected chi connectivity index (χ1v) is 6.04. The normalized spacial score (nSPS) is 14.6. The maximum Gasteiger partial charge on any atom is 0.234 e. The zero-order chi connectivity index (χ0) is 10.7. The van der Waals surface area contributed by atoms with Gasteiger partial charge in [-0.05, 0) is 24.2 Å². The maximum absolute atomic E-state index is 11.2. The molecule has 2 N–H and O–H groups in total. The average molecular weight is 222 g/mol. The summed E-state index contributed by atoms with van der Waals surface area (Å²) < 4.78 is 0. The van der Waals surface area contributed by atoms with Crippen LogP contribution < -0.4 is 10.6 Å². The number of nitrogens with one attached hydrogen (secondary N) is 2. The summed E-state index contributed by atoms with van der Waals surface area (Å²) in [5, 5.41) is 6.15. The highest BCUT2D eigenvalue weighted by molar-refractivity contribution is 8.00. The fraction of sp³-hybridized carbons (Fsp3) is 0.364. The molecule has 0 atom stereocenters. The molecule has 80 valence electrons. The standard InChI is InChI=1S/C11H14N2OS/c1-2-12-6-8-3-4-10-9(5-8)13-11(14)7-15-10/h3-5,12H,2,6-7H2,1H3,(H,13,14). The molecule has 3 nitrogen and oxygen atoms in total. The van der Waals surface area contributed by atoms with E-state index in [2.05, 4.69) is 29.7 Å². The number of hydrogen-bond donors (Lipinski definition) is 2. The summed E-state index contributed by atoms with van der Waals surface area (Å²) >= 11 is 1.60. The van der Waals surface area contributed by atoms with Gasteiger partial charge in [-0.2, -0.15) is 0 Å². The van der Waals surface area contributed by atoms with E-state index in [-0.39, 0.29) is 5.91 Å². The van der Waals surface area contributed by atoms with Gasteiger partial charge >= 0.3 is 0 Å². The molecule has 0 fully saturated rings. The fourth-order valence-corrected chi connectivity index (χ4v) is 2.30. The lowest BCUT2D eigenvalue weighted by molar-refractivity contribution is -0.113. The molecular formula is C11H14N2OS. The molecule has 0 saturated heterocycles. The van der Waals surface area contributed by atoms with Crippen molar-refractivity contribution in [2.24, 2.45) is 0 Å². The van der Waals surface area contributed by atoms with Gasteiger partial charge in [0.1, 0.15) is 0 Å². The number of carbonyl (C=O) groups is 1. The lowest BCUT2D eigenvalue weighted by Crippen LogP contribution is -2.19. The van der Waals surface area contributed by atoms with Crippen LogP contribution in [0.5, 0.6) is 0 Å². The van der Waals surface area contributed by atoms with Crippen molar-refractivity contribution < 1.29 is 4.79 Å². The molecular weight excluding hydrogens is 208 g/mol. The second-order valence-electron chi connectivity index (χ2n) is 3.45. The van der Waals surface area contributed by atoms with Crippen molar-refractivity contribution in [3.63, 3.8) is 0 Å². The van der Waals surface area contributed by atoms with Crippen molar-refractivity contribution in [2.75, 3.05) is 17.6 Å². The van der Waals surface area contributed by atoms with Gasteiger partial charge in [-0.3, -0.25) is 4.79 Å². The first-order valence-electron chi connectivity index (χ1n) is 5.06. The molecule has 0 spiro atoms. The van der Waals surface area contributed by atoms with E-state index >= 15 is 0 Å². The van der Waals surface area contributed by atoms with Crippen molar-refractivity contribution in [3.8, 4) is 0 Å². The van der Waals surface area contributed by atoms with Gasteiger partial charge in [0.2, 0.25) is 5.91 Å². The topological polar surface area (TPSA) is 41.1 Å². The van der Waals surface area contributed by atoms with Crippen LogP contribution in [0.15, 0.2) is 23.1 Å². The Hall–Kier alpha value is -1.000. The van der Waals surface area contributed by atoms with Crippen molar-refractivity contribution in [2.45, 2.75) is 18.4 Å². The summed E-state index contributed by atoms with van der Waals surface area (Å²) in [5.74, 6) is 0.618. The number of thioether (sulfide) groups is 1. The molecule has 1 aliphatic rings. The van der Waals surface area contributed by atoms with E-state index in [9.17, 15) is 4.79 Å². The summed E-state index contributed by atoms with van der Waals surface area (Å²) in [5.41, 5.74) is 2.16. The summed E-state index contributed by atoms with van der Waals surface area (Å²) in [6, 6.07) is 6.22. The molecule has 1 amide bonds. The van der Waals surface area contributed by atoms with E-state index in [1.54, 1.807) is 11.8 Å². The molecule has 2 rings (SSSR count). The van der Waals surface area contributed by atoms with E-state index in [0.29, 0.717) is 5.75 Å². The van der Waals surface area contributed by atoms with Crippen LogP contribution in [0, 0.1) is 0 Å². The SMILES string of the molecule is CCNCc1ccc2c(c1)NC(=O)CS2. The Balaban J connectivity index is 2.17. The number of carbonyl (C=O) groups excluding carboxylic acids is 1. The predicted molar refractivity (Wildman–Crippen MR) is 63.2 cm³/mol. The van der Waals surface area contributed by atoms with Gasteiger partial charge in [0, 0.05) is 11.4 Å². The zero-order valence-electron chi connectivity index (χ0n) is 8.67. The Morgan fingerprint density at radius 1 is 1.53 bits per heavy atom. The second-order valence-corrected chi connectivity index (χ2v) is 4.46. The Bertz CT molecular complexity index is 379. The second kappa shape index (κ2) is 4.68. The van der Waals surface area contributed by atoms with Gasteiger partial charge in [0.05, 0.1) is 11.4 Å². The molecule has 1 aromatic rings. The van der Waals surface area contributed by atoms with Gasteiger partial charge in [0.25, 0.3) is 0 Å². The number of amides is 1. The molecule has 15 heavy (non-hydrogen) atoms. The highest BCUT2D eigenvalue weighted by Crippen LogP contribution is 2.31. The summed E-state index contributed by atoms with van der Waals surface area (Å²) in [6.07, 6.45) is 0. The molecule has 1 aliphatic heterocycles. The summed E-state index contributed by atoms with van der Waals surface area (Å²) in [6.45, 7) is 3.89. The summed E-state index contributed by atoms with van der Waals surface area (Å²) in [4.78, 5) is 12.4. The van der Waals surface area contributed by atoms with Crippen LogP contribution in [0.25, 0.3) is 0 Å². The molecule has 0 radical (unpaired) electrons. The molecule has 1 heterocycles. The van der Waals surface area contributed by atoms with Crippen molar-refractivity contribution in [3.05, 3.63) is 23.8 Å². The number of hydrogen-bond acceptors (Lipinski definition) is 3. The van der Waals surface area contributed by atoms with E-state index in [1.165, 1.54) is 5.56 Å². The minimum Gasteiger partial charge on any atom is -0.324 e. The maximum atomic E-state index is 11.2. The van der Waals surface area contributed by atoms with Crippen LogP contribution >= 0.6 is 11.8 Å². The van der Waals surface area contributed by atoms with Crippen molar-refractivity contribution >= 4 is 23.4 Å². The van der Waals surface area contributed by atoms with Gasteiger partial charge in [-0.15, -0.1) is 11.8 Å². The van der Waals surface area contributed by atoms with Crippen LogP contribution in [0.2, 0.25) is 0 Å². The van der Waals surface area contributed by atoms with E-state index in [1.807, 2.05) is 6.07 Å². The molecule has 0 aromatic heterocycles. The predicted octanol–water partition coefficient (Wildman–Crippen LogP) is 1.84. The fourth-order valence-electron chi connectivity index (χ4n) is 1.51. The van der Waals surface area contributed by atoms with E-state index < -0.39 is 0 Å². The Kier molecular flexibility index (Phi) is 3.28. The highest BCUT2D eigenvalue weighted by Gasteiger charge is 2.14. The van der Waals surface area contributed by atoms with E-state index in [4.69, 9.17) is 0 Å². The van der Waals surface area contributed by atoms with Crippen LogP contribution in [0.4, 0.5) is 5.69 Å². The highest BCUT2D eigenvalue weighted by atomic mass is 32.2. The molecule has 0 bridgehead atoms. The molecule has 4 heteroatoms. The molecule has 1 aromatic carbocycles. The Morgan fingerprint density at radius 2 is 2.40 bits per heavy atom. The minimum atomic E-state index is 0.0908. The van der Waals surface area contributed by atoms with Crippen LogP contribution in [0.1, 0.15) is 12.5 Å². The lowest BCUT2D eigenvalue weighted by atomic mass is 10.2. The third-order valence-corrected chi connectivity index (χ3v) is 3.33. The van der Waals surface area contributed by atoms with Gasteiger partial charge in [-0.1, -0.05) is 13.0 Å². The van der Waals surface area contributed by atoms with Crippen molar-refractivity contribution in [1.82, 2.24) is 5.32 Å². The smallest absolute Gasteiger partial charge is 0.234 e. The van der Waals surface area contributed by atoms with Crippen LogP contribution in [-0.4, -0.2) is 18.2 Å². The Labute approximate surface area is 93.6 Å². The number of rotatable bonds is 3. The average Bonchev–Trinajstić information content (AvgIpc) is 2.25.